The Labute approximate surface area is 152 Å². The summed E-state index contributed by atoms with van der Waals surface area (Å²) in [6.45, 7) is 0.204. The summed E-state index contributed by atoms with van der Waals surface area (Å²) in [5.41, 5.74) is 1.04. The first-order valence-electron chi connectivity index (χ1n) is 7.94. The van der Waals surface area contributed by atoms with Gasteiger partial charge >= 0.3 is 5.63 Å². The minimum absolute atomic E-state index is 0.204. The normalized spacial score (nSPS) is 16.0. The van der Waals surface area contributed by atoms with Gasteiger partial charge < -0.3 is 4.42 Å². The van der Waals surface area contributed by atoms with Crippen molar-refractivity contribution in [2.24, 2.45) is 0 Å². The van der Waals surface area contributed by atoms with Gasteiger partial charge in [-0.3, -0.25) is 14.5 Å². The summed E-state index contributed by atoms with van der Waals surface area (Å²) in [4.78, 5) is 38.3. The van der Waals surface area contributed by atoms with Crippen LogP contribution in [-0.4, -0.2) is 16.0 Å². The molecule has 1 aromatic heterocycles. The number of carbonyl (C=O) groups excluding carboxylic acids is 2. The Hall–Kier alpha value is -3.12. The van der Waals surface area contributed by atoms with Crippen LogP contribution in [0.2, 0.25) is 0 Å². The van der Waals surface area contributed by atoms with Crippen LogP contribution in [-0.2, 0) is 11.3 Å². The second-order valence-electron chi connectivity index (χ2n) is 5.78. The topological polar surface area (TPSA) is 67.6 Å². The molecule has 128 valence electrons. The lowest BCUT2D eigenvalue weighted by atomic mass is 10.1. The lowest BCUT2D eigenvalue weighted by Gasteiger charge is -2.12. The van der Waals surface area contributed by atoms with Gasteiger partial charge in [0.1, 0.15) is 5.58 Å². The van der Waals surface area contributed by atoms with Gasteiger partial charge in [-0.15, -0.1) is 0 Å². The summed E-state index contributed by atoms with van der Waals surface area (Å²) in [5, 5.41) is 0.400. The lowest BCUT2D eigenvalue weighted by Crippen LogP contribution is -2.27. The molecule has 0 bridgehead atoms. The summed E-state index contributed by atoms with van der Waals surface area (Å²) >= 11 is 0.828. The molecule has 1 saturated heterocycles. The second-order valence-corrected chi connectivity index (χ2v) is 6.77. The highest BCUT2D eigenvalue weighted by Gasteiger charge is 2.35. The molecule has 2 heterocycles. The predicted octanol–water partition coefficient (Wildman–Crippen LogP) is 4.03. The van der Waals surface area contributed by atoms with E-state index in [1.54, 1.807) is 18.2 Å². The van der Waals surface area contributed by atoms with E-state index in [-0.39, 0.29) is 22.3 Å². The average molecular weight is 363 g/mol. The van der Waals surface area contributed by atoms with Crippen LogP contribution in [0, 0.1) is 0 Å². The Morgan fingerprint density at radius 3 is 2.50 bits per heavy atom. The second kappa shape index (κ2) is 6.65. The van der Waals surface area contributed by atoms with Gasteiger partial charge in [0, 0.05) is 5.39 Å². The van der Waals surface area contributed by atoms with Crippen molar-refractivity contribution in [3.05, 3.63) is 87.1 Å². The first-order valence-corrected chi connectivity index (χ1v) is 8.76. The van der Waals surface area contributed by atoms with E-state index in [0.717, 1.165) is 22.7 Å². The number of amides is 2. The molecule has 6 heteroatoms. The quantitative estimate of drug-likeness (QED) is 0.519. The molecule has 26 heavy (non-hydrogen) atoms. The van der Waals surface area contributed by atoms with Gasteiger partial charge in [-0.05, 0) is 35.5 Å². The van der Waals surface area contributed by atoms with E-state index < -0.39 is 11.5 Å². The maximum atomic E-state index is 12.6. The van der Waals surface area contributed by atoms with Gasteiger partial charge in [-0.25, -0.2) is 4.79 Å². The highest BCUT2D eigenvalue weighted by Crippen LogP contribution is 2.33. The van der Waals surface area contributed by atoms with E-state index in [1.807, 2.05) is 42.5 Å². The van der Waals surface area contributed by atoms with E-state index in [0.29, 0.717) is 5.58 Å². The van der Waals surface area contributed by atoms with Gasteiger partial charge in [-0.1, -0.05) is 48.5 Å². The molecule has 0 spiro atoms. The van der Waals surface area contributed by atoms with E-state index in [2.05, 4.69) is 0 Å². The van der Waals surface area contributed by atoms with Crippen molar-refractivity contribution in [3.8, 4) is 0 Å². The first kappa shape index (κ1) is 16.4. The third-order valence-electron chi connectivity index (χ3n) is 4.01. The molecule has 3 aromatic rings. The van der Waals surface area contributed by atoms with Gasteiger partial charge in [0.25, 0.3) is 11.1 Å². The molecule has 5 nitrogen and oxygen atoms in total. The van der Waals surface area contributed by atoms with Crippen molar-refractivity contribution >= 4 is 40.0 Å². The molecule has 0 atom stereocenters. The fourth-order valence-corrected chi connectivity index (χ4v) is 3.55. The molecule has 2 aromatic carbocycles. The molecule has 1 aliphatic rings. The van der Waals surface area contributed by atoms with Gasteiger partial charge in [0.2, 0.25) is 0 Å². The van der Waals surface area contributed by atoms with Crippen molar-refractivity contribution in [2.45, 2.75) is 6.54 Å². The molecule has 0 aliphatic carbocycles. The number of benzene rings is 2. The van der Waals surface area contributed by atoms with E-state index in [4.69, 9.17) is 4.42 Å². The highest BCUT2D eigenvalue weighted by molar-refractivity contribution is 8.18. The monoisotopic (exact) mass is 363 g/mol. The van der Waals surface area contributed by atoms with E-state index in [9.17, 15) is 14.4 Å². The number of nitrogens with zero attached hydrogens (tertiary/aromatic N) is 1. The van der Waals surface area contributed by atoms with Gasteiger partial charge in [0.15, 0.2) is 0 Å². The number of hydrogen-bond donors (Lipinski definition) is 0. The zero-order chi connectivity index (χ0) is 18.1. The molecule has 4 rings (SSSR count). The zero-order valence-electron chi connectivity index (χ0n) is 13.5. The van der Waals surface area contributed by atoms with Crippen LogP contribution in [0.1, 0.15) is 11.1 Å². The largest absolute Gasteiger partial charge is 0.422 e. The summed E-state index contributed by atoms with van der Waals surface area (Å²) in [5.74, 6) is -0.406. The molecule has 2 amide bonds. The number of thioether (sulfide) groups is 1. The minimum atomic E-state index is -0.543. The van der Waals surface area contributed by atoms with Crippen LogP contribution in [0.15, 0.2) is 74.8 Å². The lowest BCUT2D eigenvalue weighted by molar-refractivity contribution is -0.123. The fraction of sp³-hybridized carbons (Fsp3) is 0.0500. The molecule has 1 fully saturated rings. The maximum Gasteiger partial charge on any atom is 0.343 e. The van der Waals surface area contributed by atoms with Gasteiger partial charge in [-0.2, -0.15) is 0 Å². The van der Waals surface area contributed by atoms with Crippen LogP contribution >= 0.6 is 11.8 Å². The van der Waals surface area contributed by atoms with Crippen LogP contribution in [0.4, 0.5) is 4.79 Å². The Kier molecular flexibility index (Phi) is 4.18. The van der Waals surface area contributed by atoms with Crippen molar-refractivity contribution in [1.29, 1.82) is 0 Å². The van der Waals surface area contributed by atoms with E-state index >= 15 is 0 Å². The highest BCUT2D eigenvalue weighted by atomic mass is 32.2. The van der Waals surface area contributed by atoms with Crippen LogP contribution in [0.5, 0.6) is 0 Å². The molecule has 0 radical (unpaired) electrons. The standard InChI is InChI=1S/C20H13NO4S/c22-18-17(26-20(24)21(18)12-13-6-2-1-3-7-13)11-15-10-14-8-4-5-9-16(14)25-19(15)23/h1-11H,12H2/b17-11+. The number of rotatable bonds is 3. The van der Waals surface area contributed by atoms with Gasteiger partial charge in [0.05, 0.1) is 17.0 Å². The third kappa shape index (κ3) is 3.07. The van der Waals surface area contributed by atoms with Crippen molar-refractivity contribution in [1.82, 2.24) is 4.90 Å². The Morgan fingerprint density at radius 2 is 1.69 bits per heavy atom. The number of hydrogen-bond acceptors (Lipinski definition) is 5. The predicted molar refractivity (Wildman–Crippen MR) is 100 cm³/mol. The number of carbonyl (C=O) groups is 2. The fourth-order valence-electron chi connectivity index (χ4n) is 2.72. The molecule has 0 saturated carbocycles. The van der Waals surface area contributed by atoms with Crippen LogP contribution in [0.3, 0.4) is 0 Å². The molecule has 0 unspecified atom stereocenters. The minimum Gasteiger partial charge on any atom is -0.422 e. The Morgan fingerprint density at radius 1 is 0.962 bits per heavy atom. The molecule has 0 N–H and O–H groups in total. The summed E-state index contributed by atoms with van der Waals surface area (Å²) in [6.07, 6.45) is 1.42. The molecule has 1 aliphatic heterocycles. The zero-order valence-corrected chi connectivity index (χ0v) is 14.4. The first-order chi connectivity index (χ1) is 12.6. The summed E-state index contributed by atoms with van der Waals surface area (Å²) in [7, 11) is 0. The van der Waals surface area contributed by atoms with Crippen molar-refractivity contribution in [3.63, 3.8) is 0 Å². The van der Waals surface area contributed by atoms with Crippen LogP contribution in [0.25, 0.3) is 17.0 Å². The number of fused-ring (bicyclic) bond motifs is 1. The smallest absolute Gasteiger partial charge is 0.343 e. The van der Waals surface area contributed by atoms with Crippen molar-refractivity contribution in [2.75, 3.05) is 0 Å². The third-order valence-corrected chi connectivity index (χ3v) is 4.92. The molecular weight excluding hydrogens is 350 g/mol. The molecular formula is C20H13NO4S. The number of imide groups is 1. The average Bonchev–Trinajstić information content (AvgIpc) is 2.91. The van der Waals surface area contributed by atoms with E-state index in [1.165, 1.54) is 11.0 Å². The maximum absolute atomic E-state index is 12.6. The van der Waals surface area contributed by atoms with Crippen molar-refractivity contribution < 1.29 is 14.0 Å². The summed E-state index contributed by atoms with van der Waals surface area (Å²) < 4.78 is 5.27. The summed E-state index contributed by atoms with van der Waals surface area (Å²) in [6, 6.07) is 18.1. The Bertz CT molecular complexity index is 1100. The van der Waals surface area contributed by atoms with Crippen LogP contribution < -0.4 is 5.63 Å². The number of para-hydroxylation sites is 1. The SMILES string of the molecule is O=C1S/C(=C/c2cc3ccccc3oc2=O)C(=O)N1Cc1ccccc1. The Balaban J connectivity index is 1.66.